The SMILES string of the molecule is CCOC(=O)C1C(C)N=c2s/c(=C\c3ccc(C4CCC=C(CO)C4)o3)c(=O)n2C1c1ccc(SC)cc1.O. The Bertz CT molecular complexity index is 1520. The van der Waals surface area contributed by atoms with Gasteiger partial charge in [0.2, 0.25) is 0 Å². The van der Waals surface area contributed by atoms with Crippen LogP contribution in [0.25, 0.3) is 6.08 Å². The fourth-order valence-electron chi connectivity index (χ4n) is 5.38. The number of aliphatic hydroxyl groups is 1. The number of aliphatic hydroxyl groups excluding tert-OH is 1. The summed E-state index contributed by atoms with van der Waals surface area (Å²) in [4.78, 5) is 33.3. The summed E-state index contributed by atoms with van der Waals surface area (Å²) < 4.78 is 13.7. The molecule has 2 aromatic heterocycles. The van der Waals surface area contributed by atoms with Crippen molar-refractivity contribution in [1.29, 1.82) is 0 Å². The van der Waals surface area contributed by atoms with Gasteiger partial charge in [-0.25, -0.2) is 0 Å². The van der Waals surface area contributed by atoms with Gasteiger partial charge in [-0.2, -0.15) is 0 Å². The average molecular weight is 571 g/mol. The molecule has 2 aliphatic rings. The lowest BCUT2D eigenvalue weighted by atomic mass is 9.86. The van der Waals surface area contributed by atoms with Crippen molar-refractivity contribution in [3.05, 3.63) is 84.8 Å². The number of hydrogen-bond donors (Lipinski definition) is 1. The topological polar surface area (TPSA) is 126 Å². The van der Waals surface area contributed by atoms with Gasteiger partial charge in [0.15, 0.2) is 4.80 Å². The first-order chi connectivity index (χ1) is 18.4. The van der Waals surface area contributed by atoms with Gasteiger partial charge < -0.3 is 19.7 Å². The van der Waals surface area contributed by atoms with Gasteiger partial charge in [-0.1, -0.05) is 29.5 Å². The second-order valence-electron chi connectivity index (χ2n) is 9.67. The molecule has 208 valence electrons. The van der Waals surface area contributed by atoms with Gasteiger partial charge in [-0.15, -0.1) is 11.8 Å². The van der Waals surface area contributed by atoms with Crippen molar-refractivity contribution in [2.75, 3.05) is 19.5 Å². The Balaban J connectivity index is 0.00000353. The van der Waals surface area contributed by atoms with E-state index in [1.54, 1.807) is 29.3 Å². The molecule has 3 aromatic rings. The van der Waals surface area contributed by atoms with E-state index in [9.17, 15) is 14.7 Å². The van der Waals surface area contributed by atoms with Crippen molar-refractivity contribution >= 4 is 35.1 Å². The minimum absolute atomic E-state index is 0. The highest BCUT2D eigenvalue weighted by Gasteiger charge is 2.41. The third kappa shape index (κ3) is 5.84. The van der Waals surface area contributed by atoms with E-state index in [1.807, 2.05) is 49.6 Å². The molecule has 39 heavy (non-hydrogen) atoms. The molecule has 4 atom stereocenters. The third-order valence-electron chi connectivity index (χ3n) is 7.29. The first kappa shape index (κ1) is 29.1. The zero-order chi connectivity index (χ0) is 26.8. The van der Waals surface area contributed by atoms with Crippen molar-refractivity contribution in [2.24, 2.45) is 10.9 Å². The number of ether oxygens (including phenoxy) is 1. The monoisotopic (exact) mass is 570 g/mol. The van der Waals surface area contributed by atoms with Crippen LogP contribution in [0.1, 0.15) is 62.2 Å². The average Bonchev–Trinajstić information content (AvgIpc) is 3.52. The number of esters is 1. The van der Waals surface area contributed by atoms with Crippen LogP contribution in [-0.2, 0) is 9.53 Å². The van der Waals surface area contributed by atoms with Gasteiger partial charge in [0.1, 0.15) is 17.4 Å². The lowest BCUT2D eigenvalue weighted by Crippen LogP contribution is -2.47. The smallest absolute Gasteiger partial charge is 0.313 e. The lowest BCUT2D eigenvalue weighted by molar-refractivity contribution is -0.150. The highest BCUT2D eigenvalue weighted by Crippen LogP contribution is 2.34. The molecule has 0 fully saturated rings. The van der Waals surface area contributed by atoms with E-state index in [1.165, 1.54) is 11.3 Å². The highest BCUT2D eigenvalue weighted by atomic mass is 32.2. The molecule has 1 aliphatic carbocycles. The fourth-order valence-corrected chi connectivity index (χ4v) is 6.86. The molecule has 0 saturated heterocycles. The number of furan rings is 1. The molecule has 5 rings (SSSR count). The van der Waals surface area contributed by atoms with Crippen LogP contribution in [0.3, 0.4) is 0 Å². The summed E-state index contributed by atoms with van der Waals surface area (Å²) >= 11 is 2.95. The standard InChI is InChI=1S/C29H32N2O5S2.H2O/c1-4-35-28(34)25-17(2)30-29-31(26(25)19-8-11-22(37-3)12-9-19)27(33)24(38-29)15-21-10-13-23(36-21)20-7-5-6-18(14-20)16-32;/h6,8-13,15,17,20,25-26,32H,4-5,7,14,16H2,1-3H3;1H2/b24-15-;. The van der Waals surface area contributed by atoms with Gasteiger partial charge in [0, 0.05) is 16.9 Å². The van der Waals surface area contributed by atoms with Gasteiger partial charge in [-0.05, 0) is 74.8 Å². The second-order valence-corrected chi connectivity index (χ2v) is 11.6. The van der Waals surface area contributed by atoms with E-state index >= 15 is 0 Å². The number of rotatable bonds is 7. The molecule has 1 aliphatic heterocycles. The van der Waals surface area contributed by atoms with E-state index in [2.05, 4.69) is 6.08 Å². The molecule has 10 heteroatoms. The predicted octanol–water partition coefficient (Wildman–Crippen LogP) is 3.21. The first-order valence-electron chi connectivity index (χ1n) is 12.9. The van der Waals surface area contributed by atoms with Crippen molar-refractivity contribution in [3.63, 3.8) is 0 Å². The molecule has 3 N–H and O–H groups in total. The van der Waals surface area contributed by atoms with Crippen LogP contribution in [0.15, 0.2) is 67.1 Å². The maximum absolute atomic E-state index is 13.8. The molecular formula is C29H34N2O6S2. The van der Waals surface area contributed by atoms with Crippen molar-refractivity contribution in [3.8, 4) is 0 Å². The molecule has 1 aromatic carbocycles. The lowest BCUT2D eigenvalue weighted by Gasteiger charge is -2.32. The van der Waals surface area contributed by atoms with Gasteiger partial charge in [0.25, 0.3) is 5.56 Å². The predicted molar refractivity (Wildman–Crippen MR) is 153 cm³/mol. The third-order valence-corrected chi connectivity index (χ3v) is 9.03. The minimum Gasteiger partial charge on any atom is -0.466 e. The number of thiazole rings is 1. The molecule has 8 nitrogen and oxygen atoms in total. The Kier molecular flexibility index (Phi) is 9.32. The number of carbonyl (C=O) groups is 1. The molecule has 0 bridgehead atoms. The van der Waals surface area contributed by atoms with Crippen LogP contribution in [0.5, 0.6) is 0 Å². The Morgan fingerprint density at radius 1 is 1.28 bits per heavy atom. The maximum Gasteiger partial charge on any atom is 0.313 e. The Labute approximate surface area is 235 Å². The first-order valence-corrected chi connectivity index (χ1v) is 15.0. The molecule has 0 spiro atoms. The fraction of sp³-hybridized carbons (Fsp3) is 0.414. The molecular weight excluding hydrogens is 536 g/mol. The van der Waals surface area contributed by atoms with Gasteiger partial charge in [0.05, 0.1) is 29.8 Å². The van der Waals surface area contributed by atoms with Crippen LogP contribution in [0.2, 0.25) is 0 Å². The summed E-state index contributed by atoms with van der Waals surface area (Å²) in [5, 5.41) is 9.52. The summed E-state index contributed by atoms with van der Waals surface area (Å²) in [5.41, 5.74) is 1.71. The van der Waals surface area contributed by atoms with Crippen molar-refractivity contribution in [1.82, 2.24) is 4.57 Å². The summed E-state index contributed by atoms with van der Waals surface area (Å²) in [5.74, 6) is 0.725. The zero-order valence-electron chi connectivity index (χ0n) is 22.3. The largest absolute Gasteiger partial charge is 0.466 e. The number of hydrogen-bond acceptors (Lipinski definition) is 8. The van der Waals surface area contributed by atoms with Crippen molar-refractivity contribution < 1.29 is 24.5 Å². The number of thioether (sulfide) groups is 1. The molecule has 3 heterocycles. The highest BCUT2D eigenvalue weighted by molar-refractivity contribution is 7.98. The number of allylic oxidation sites excluding steroid dienone is 1. The Morgan fingerprint density at radius 2 is 2.05 bits per heavy atom. The number of nitrogens with zero attached hydrogens (tertiary/aromatic N) is 2. The normalized spacial score (nSPS) is 22.9. The quantitative estimate of drug-likeness (QED) is 0.264. The molecule has 4 unspecified atom stereocenters. The molecule has 0 amide bonds. The van der Waals surface area contributed by atoms with Gasteiger partial charge in [-0.3, -0.25) is 19.1 Å². The van der Waals surface area contributed by atoms with E-state index in [0.29, 0.717) is 15.1 Å². The van der Waals surface area contributed by atoms with E-state index in [0.717, 1.165) is 41.1 Å². The Morgan fingerprint density at radius 3 is 2.74 bits per heavy atom. The minimum atomic E-state index is -0.613. The van der Waals surface area contributed by atoms with Crippen LogP contribution in [0, 0.1) is 5.92 Å². The van der Waals surface area contributed by atoms with Crippen LogP contribution in [-0.4, -0.2) is 46.6 Å². The summed E-state index contributed by atoms with van der Waals surface area (Å²) in [7, 11) is 0. The van der Waals surface area contributed by atoms with Crippen LogP contribution < -0.4 is 14.9 Å². The number of aromatic nitrogens is 1. The second kappa shape index (κ2) is 12.5. The van der Waals surface area contributed by atoms with Gasteiger partial charge >= 0.3 is 5.97 Å². The zero-order valence-corrected chi connectivity index (χ0v) is 23.9. The number of carbonyl (C=O) groups excluding carboxylic acids is 1. The Hall–Kier alpha value is -2.92. The molecule has 0 radical (unpaired) electrons. The number of benzene rings is 1. The van der Waals surface area contributed by atoms with Crippen LogP contribution in [0.4, 0.5) is 0 Å². The van der Waals surface area contributed by atoms with E-state index < -0.39 is 12.0 Å². The van der Waals surface area contributed by atoms with Crippen molar-refractivity contribution in [2.45, 2.75) is 56.0 Å². The van der Waals surface area contributed by atoms with Crippen LogP contribution >= 0.6 is 23.1 Å². The van der Waals surface area contributed by atoms with E-state index in [-0.39, 0.29) is 42.2 Å². The van der Waals surface area contributed by atoms with E-state index in [4.69, 9.17) is 14.1 Å². The maximum atomic E-state index is 13.8. The summed E-state index contributed by atoms with van der Waals surface area (Å²) in [6.45, 7) is 4.03. The molecule has 0 saturated carbocycles. The number of fused-ring (bicyclic) bond motifs is 1. The summed E-state index contributed by atoms with van der Waals surface area (Å²) in [6.07, 6.45) is 8.54. The summed E-state index contributed by atoms with van der Waals surface area (Å²) in [6, 6.07) is 11.0.